The van der Waals surface area contributed by atoms with E-state index in [1.165, 1.54) is 40.6 Å². The van der Waals surface area contributed by atoms with Crippen molar-refractivity contribution in [1.29, 1.82) is 0 Å². The molecule has 2 aromatic rings. The highest BCUT2D eigenvalue weighted by atomic mass is 14.8. The third-order valence-corrected chi connectivity index (χ3v) is 4.21. The predicted octanol–water partition coefficient (Wildman–Crippen LogP) is 5.37. The van der Waals surface area contributed by atoms with Gasteiger partial charge in [0.15, 0.2) is 0 Å². The first-order valence-corrected chi connectivity index (χ1v) is 8.67. The second kappa shape index (κ2) is 7.73. The fraction of sp³-hybridized carbons (Fsp3) is 0.550. The molecule has 120 valence electrons. The van der Waals surface area contributed by atoms with Gasteiger partial charge in [-0.25, -0.2) is 0 Å². The first kappa shape index (κ1) is 17.0. The number of nitrogens with one attached hydrogen (secondary N) is 1. The largest absolute Gasteiger partial charge is 0.313 e. The molecule has 1 N–H and O–H groups in total. The molecule has 0 aliphatic rings. The summed E-state index contributed by atoms with van der Waals surface area (Å²) >= 11 is 0. The first-order valence-electron chi connectivity index (χ1n) is 8.67. The van der Waals surface area contributed by atoms with Gasteiger partial charge in [0.1, 0.15) is 0 Å². The third kappa shape index (κ3) is 3.86. The van der Waals surface area contributed by atoms with Crippen molar-refractivity contribution in [3.05, 3.63) is 41.1 Å². The summed E-state index contributed by atoms with van der Waals surface area (Å²) in [5.41, 5.74) is 5.13. The zero-order valence-corrected chi connectivity index (χ0v) is 14.7. The van der Waals surface area contributed by atoms with Gasteiger partial charge in [0.05, 0.1) is 5.52 Å². The van der Waals surface area contributed by atoms with Crippen LogP contribution in [0.15, 0.2) is 24.3 Å². The molecule has 0 aliphatic carbocycles. The normalized spacial score (nSPS) is 11.8. The average molecular weight is 298 g/mol. The van der Waals surface area contributed by atoms with Crippen LogP contribution in [0.1, 0.15) is 76.1 Å². The number of pyridine rings is 1. The third-order valence-electron chi connectivity index (χ3n) is 4.21. The Hall–Kier alpha value is -1.41. The maximum atomic E-state index is 4.97. The molecule has 0 unspecified atom stereocenters. The minimum Gasteiger partial charge on any atom is -0.313 e. The zero-order valence-electron chi connectivity index (χ0n) is 14.7. The molecule has 1 aromatic carbocycles. The maximum absolute atomic E-state index is 4.97. The Morgan fingerprint density at radius 1 is 1.09 bits per heavy atom. The van der Waals surface area contributed by atoms with E-state index in [1.54, 1.807) is 0 Å². The SMILES string of the molecule is CCCCNCc1cc(C(C)C)nc2c(C(C)C)cccc12. The summed E-state index contributed by atoms with van der Waals surface area (Å²) in [4.78, 5) is 4.97. The lowest BCUT2D eigenvalue weighted by Crippen LogP contribution is -2.15. The van der Waals surface area contributed by atoms with Crippen molar-refractivity contribution in [1.82, 2.24) is 10.3 Å². The molecule has 0 aliphatic heterocycles. The van der Waals surface area contributed by atoms with Crippen LogP contribution in [0.25, 0.3) is 10.9 Å². The van der Waals surface area contributed by atoms with Gasteiger partial charge >= 0.3 is 0 Å². The molecule has 0 spiro atoms. The van der Waals surface area contributed by atoms with Crippen molar-refractivity contribution < 1.29 is 0 Å². The van der Waals surface area contributed by atoms with E-state index in [4.69, 9.17) is 4.98 Å². The van der Waals surface area contributed by atoms with E-state index in [2.05, 4.69) is 64.2 Å². The van der Waals surface area contributed by atoms with Crippen LogP contribution >= 0.6 is 0 Å². The summed E-state index contributed by atoms with van der Waals surface area (Å²) in [7, 11) is 0. The highest BCUT2D eigenvalue weighted by molar-refractivity contribution is 5.85. The molecule has 0 radical (unpaired) electrons. The molecule has 0 atom stereocenters. The zero-order chi connectivity index (χ0) is 16.1. The molecule has 0 bridgehead atoms. The van der Waals surface area contributed by atoms with Gasteiger partial charge < -0.3 is 5.32 Å². The minimum atomic E-state index is 0.457. The Labute approximate surface area is 135 Å². The molecule has 2 rings (SSSR count). The monoisotopic (exact) mass is 298 g/mol. The van der Waals surface area contributed by atoms with Gasteiger partial charge in [0.25, 0.3) is 0 Å². The van der Waals surface area contributed by atoms with E-state index in [0.29, 0.717) is 11.8 Å². The molecule has 2 nitrogen and oxygen atoms in total. The molecule has 0 saturated heterocycles. The lowest BCUT2D eigenvalue weighted by molar-refractivity contribution is 0.642. The summed E-state index contributed by atoms with van der Waals surface area (Å²) in [6.07, 6.45) is 2.47. The number of hydrogen-bond donors (Lipinski definition) is 1. The quantitative estimate of drug-likeness (QED) is 0.695. The van der Waals surface area contributed by atoms with E-state index in [-0.39, 0.29) is 0 Å². The van der Waals surface area contributed by atoms with Crippen molar-refractivity contribution in [2.24, 2.45) is 0 Å². The predicted molar refractivity (Wildman–Crippen MR) is 96.5 cm³/mol. The van der Waals surface area contributed by atoms with E-state index in [1.807, 2.05) is 0 Å². The Balaban J connectivity index is 2.46. The van der Waals surface area contributed by atoms with Gasteiger partial charge in [-0.3, -0.25) is 4.98 Å². The van der Waals surface area contributed by atoms with Gasteiger partial charge in [0, 0.05) is 17.6 Å². The molecule has 2 heteroatoms. The lowest BCUT2D eigenvalue weighted by atomic mass is 9.95. The van der Waals surface area contributed by atoms with Crippen LogP contribution in [0.3, 0.4) is 0 Å². The van der Waals surface area contributed by atoms with Crippen LogP contribution in [-0.2, 0) is 6.54 Å². The topological polar surface area (TPSA) is 24.9 Å². The highest BCUT2D eigenvalue weighted by Gasteiger charge is 2.12. The second-order valence-electron chi connectivity index (χ2n) is 6.79. The van der Waals surface area contributed by atoms with Gasteiger partial charge in [-0.15, -0.1) is 0 Å². The van der Waals surface area contributed by atoms with Crippen molar-refractivity contribution in [3.63, 3.8) is 0 Å². The van der Waals surface area contributed by atoms with Gasteiger partial charge in [-0.2, -0.15) is 0 Å². The van der Waals surface area contributed by atoms with E-state index < -0.39 is 0 Å². The standard InChI is InChI=1S/C20H30N2/c1-6-7-11-21-13-16-12-19(15(4)5)22-20-17(14(2)3)9-8-10-18(16)20/h8-10,12,14-15,21H,6-7,11,13H2,1-5H3. The molecule has 0 amide bonds. The number of rotatable bonds is 7. The molecular formula is C20H30N2. The molecular weight excluding hydrogens is 268 g/mol. The summed E-state index contributed by atoms with van der Waals surface area (Å²) in [5, 5.41) is 4.89. The Bertz CT molecular complexity index is 614. The van der Waals surface area contributed by atoms with Crippen LogP contribution in [-0.4, -0.2) is 11.5 Å². The number of unbranched alkanes of at least 4 members (excludes halogenated alkanes) is 1. The summed E-state index contributed by atoms with van der Waals surface area (Å²) in [6, 6.07) is 8.90. The fourth-order valence-electron chi connectivity index (χ4n) is 2.80. The van der Waals surface area contributed by atoms with Gasteiger partial charge in [-0.1, -0.05) is 59.2 Å². The van der Waals surface area contributed by atoms with Crippen molar-refractivity contribution in [2.45, 2.75) is 65.8 Å². The number of hydrogen-bond acceptors (Lipinski definition) is 2. The maximum Gasteiger partial charge on any atom is 0.0743 e. The molecule has 1 heterocycles. The number of benzene rings is 1. The Morgan fingerprint density at radius 3 is 2.50 bits per heavy atom. The molecule has 22 heavy (non-hydrogen) atoms. The molecule has 0 saturated carbocycles. The second-order valence-corrected chi connectivity index (χ2v) is 6.79. The molecule has 1 aromatic heterocycles. The number of aromatic nitrogens is 1. The van der Waals surface area contributed by atoms with Crippen LogP contribution in [0.2, 0.25) is 0 Å². The van der Waals surface area contributed by atoms with Gasteiger partial charge in [-0.05, 0) is 42.0 Å². The number of fused-ring (bicyclic) bond motifs is 1. The van der Waals surface area contributed by atoms with E-state index >= 15 is 0 Å². The van der Waals surface area contributed by atoms with Crippen molar-refractivity contribution in [2.75, 3.05) is 6.54 Å². The van der Waals surface area contributed by atoms with Crippen molar-refractivity contribution >= 4 is 10.9 Å². The van der Waals surface area contributed by atoms with E-state index in [9.17, 15) is 0 Å². The van der Waals surface area contributed by atoms with Crippen LogP contribution in [0.5, 0.6) is 0 Å². The van der Waals surface area contributed by atoms with Gasteiger partial charge in [0.2, 0.25) is 0 Å². The summed E-state index contributed by atoms with van der Waals surface area (Å²) in [6.45, 7) is 13.2. The average Bonchev–Trinajstić information content (AvgIpc) is 2.50. The molecule has 0 fully saturated rings. The summed E-state index contributed by atoms with van der Waals surface area (Å²) in [5.74, 6) is 0.957. The fourth-order valence-corrected chi connectivity index (χ4v) is 2.80. The van der Waals surface area contributed by atoms with Crippen LogP contribution in [0, 0.1) is 0 Å². The van der Waals surface area contributed by atoms with Crippen LogP contribution < -0.4 is 5.32 Å². The number of nitrogens with zero attached hydrogens (tertiary/aromatic N) is 1. The minimum absolute atomic E-state index is 0.457. The van der Waals surface area contributed by atoms with E-state index in [0.717, 1.165) is 13.1 Å². The highest BCUT2D eigenvalue weighted by Crippen LogP contribution is 2.28. The van der Waals surface area contributed by atoms with Crippen LogP contribution in [0.4, 0.5) is 0 Å². The summed E-state index contributed by atoms with van der Waals surface area (Å²) < 4.78 is 0. The smallest absolute Gasteiger partial charge is 0.0743 e. The lowest BCUT2D eigenvalue weighted by Gasteiger charge is -2.16. The number of para-hydroxylation sites is 1. The Morgan fingerprint density at radius 2 is 1.86 bits per heavy atom. The Kier molecular flexibility index (Phi) is 5.96. The first-order chi connectivity index (χ1) is 10.5. The van der Waals surface area contributed by atoms with Crippen molar-refractivity contribution in [3.8, 4) is 0 Å².